The van der Waals surface area contributed by atoms with Crippen LogP contribution in [0.2, 0.25) is 0 Å². The predicted octanol–water partition coefficient (Wildman–Crippen LogP) is 5.80. The summed E-state index contributed by atoms with van der Waals surface area (Å²) in [6.45, 7) is -0.151. The van der Waals surface area contributed by atoms with Crippen molar-refractivity contribution in [3.63, 3.8) is 0 Å². The summed E-state index contributed by atoms with van der Waals surface area (Å²) in [5, 5.41) is 8.23. The van der Waals surface area contributed by atoms with Gasteiger partial charge in [-0.25, -0.2) is 0 Å². The van der Waals surface area contributed by atoms with E-state index in [1.54, 1.807) is 6.07 Å². The molecule has 4 aromatic rings. The Hall–Kier alpha value is -3.79. The van der Waals surface area contributed by atoms with E-state index in [-0.39, 0.29) is 29.0 Å². The average Bonchev–Trinajstić information content (AvgIpc) is 3.28. The van der Waals surface area contributed by atoms with Crippen molar-refractivity contribution < 1.29 is 27.4 Å². The van der Waals surface area contributed by atoms with Gasteiger partial charge >= 0.3 is 12.1 Å². The fraction of sp³-hybridized carbons (Fsp3) is 0.160. The standard InChI is InChI=1S/C25H20F3N3O3S/c1-33-23(32)16-35-24-30-29-22(31(24)20-13-7-6-12-19(20)25(26,27)28)15-34-21-14-8-5-11-18(21)17-9-3-2-4-10-17/h2-14H,15-16H2,1H3. The molecule has 0 saturated carbocycles. The Balaban J connectivity index is 1.71. The van der Waals surface area contributed by atoms with E-state index < -0.39 is 17.7 Å². The minimum atomic E-state index is -4.61. The molecule has 0 aliphatic carbocycles. The molecule has 0 fully saturated rings. The van der Waals surface area contributed by atoms with Gasteiger partial charge in [-0.15, -0.1) is 10.2 Å². The SMILES string of the molecule is COC(=O)CSc1nnc(COc2ccccc2-c2ccccc2)n1-c1ccccc1C(F)(F)F. The number of carbonyl (C=O) groups excluding carboxylic acids is 1. The van der Waals surface area contributed by atoms with Crippen LogP contribution in [0.5, 0.6) is 5.75 Å². The maximum atomic E-state index is 13.8. The summed E-state index contributed by atoms with van der Waals surface area (Å²) < 4.78 is 53.3. The van der Waals surface area contributed by atoms with Gasteiger partial charge in [-0.1, -0.05) is 72.4 Å². The molecule has 0 amide bonds. The first-order chi connectivity index (χ1) is 16.9. The second-order valence-corrected chi connectivity index (χ2v) is 8.21. The van der Waals surface area contributed by atoms with Crippen LogP contribution < -0.4 is 4.74 Å². The minimum absolute atomic E-state index is 0.113. The minimum Gasteiger partial charge on any atom is -0.485 e. The zero-order valence-electron chi connectivity index (χ0n) is 18.5. The highest BCUT2D eigenvalue weighted by Gasteiger charge is 2.35. The number of alkyl halides is 3. The zero-order valence-corrected chi connectivity index (χ0v) is 19.3. The van der Waals surface area contributed by atoms with Crippen molar-refractivity contribution in [3.8, 4) is 22.6 Å². The van der Waals surface area contributed by atoms with E-state index in [4.69, 9.17) is 4.74 Å². The highest BCUT2D eigenvalue weighted by molar-refractivity contribution is 7.99. The maximum absolute atomic E-state index is 13.8. The lowest BCUT2D eigenvalue weighted by Crippen LogP contribution is -2.14. The van der Waals surface area contributed by atoms with Gasteiger partial charge in [0, 0.05) is 5.56 Å². The van der Waals surface area contributed by atoms with Gasteiger partial charge in [-0.2, -0.15) is 13.2 Å². The van der Waals surface area contributed by atoms with E-state index in [9.17, 15) is 18.0 Å². The lowest BCUT2D eigenvalue weighted by Gasteiger charge is -2.17. The number of esters is 1. The molecule has 0 unspecified atom stereocenters. The third-order valence-electron chi connectivity index (χ3n) is 5.03. The Morgan fingerprint density at radius 2 is 1.63 bits per heavy atom. The molecule has 0 aliphatic rings. The van der Waals surface area contributed by atoms with Gasteiger partial charge < -0.3 is 9.47 Å². The number of hydrogen-bond acceptors (Lipinski definition) is 6. The van der Waals surface area contributed by atoms with Crippen molar-refractivity contribution >= 4 is 17.7 Å². The molecule has 1 heterocycles. The van der Waals surface area contributed by atoms with Crippen LogP contribution in [-0.4, -0.2) is 33.6 Å². The van der Waals surface area contributed by atoms with E-state index >= 15 is 0 Å². The number of benzene rings is 3. The fourth-order valence-electron chi connectivity index (χ4n) is 3.41. The number of hydrogen-bond donors (Lipinski definition) is 0. The zero-order chi connectivity index (χ0) is 24.8. The number of carbonyl (C=O) groups is 1. The highest BCUT2D eigenvalue weighted by atomic mass is 32.2. The highest BCUT2D eigenvalue weighted by Crippen LogP contribution is 2.36. The first kappa shape index (κ1) is 24.3. The Morgan fingerprint density at radius 3 is 2.37 bits per heavy atom. The van der Waals surface area contributed by atoms with Crippen molar-refractivity contribution in [1.82, 2.24) is 14.8 Å². The molecule has 0 bridgehead atoms. The smallest absolute Gasteiger partial charge is 0.418 e. The van der Waals surface area contributed by atoms with Gasteiger partial charge in [0.1, 0.15) is 12.4 Å². The van der Waals surface area contributed by atoms with Crippen molar-refractivity contribution in [2.24, 2.45) is 0 Å². The Bertz CT molecular complexity index is 1310. The van der Waals surface area contributed by atoms with Gasteiger partial charge in [-0.05, 0) is 23.8 Å². The van der Waals surface area contributed by atoms with Crippen molar-refractivity contribution in [1.29, 1.82) is 0 Å². The summed E-state index contributed by atoms with van der Waals surface area (Å²) in [4.78, 5) is 11.6. The maximum Gasteiger partial charge on any atom is 0.418 e. The molecular formula is C25H20F3N3O3S. The van der Waals surface area contributed by atoms with Crippen LogP contribution in [0.4, 0.5) is 13.2 Å². The average molecular weight is 500 g/mol. The number of halogens is 3. The topological polar surface area (TPSA) is 66.2 Å². The Kier molecular flexibility index (Phi) is 7.40. The van der Waals surface area contributed by atoms with Gasteiger partial charge in [-0.3, -0.25) is 9.36 Å². The number of aromatic nitrogens is 3. The summed E-state index contributed by atoms with van der Waals surface area (Å²) >= 11 is 0.928. The van der Waals surface area contributed by atoms with E-state index in [0.717, 1.165) is 29.0 Å². The Labute approximate surface area is 203 Å². The van der Waals surface area contributed by atoms with Crippen molar-refractivity contribution in [3.05, 3.63) is 90.3 Å². The summed E-state index contributed by atoms with van der Waals surface area (Å²) in [6, 6.07) is 22.1. The largest absolute Gasteiger partial charge is 0.485 e. The molecule has 35 heavy (non-hydrogen) atoms. The first-order valence-corrected chi connectivity index (χ1v) is 11.4. The molecule has 0 aliphatic heterocycles. The molecule has 0 saturated heterocycles. The molecule has 10 heteroatoms. The molecule has 6 nitrogen and oxygen atoms in total. The third-order valence-corrected chi connectivity index (χ3v) is 5.93. The molecule has 1 aromatic heterocycles. The number of ether oxygens (including phenoxy) is 2. The summed E-state index contributed by atoms with van der Waals surface area (Å²) in [6.07, 6.45) is -4.61. The number of para-hydroxylation sites is 2. The van der Waals surface area contributed by atoms with Gasteiger partial charge in [0.15, 0.2) is 11.0 Å². The van der Waals surface area contributed by atoms with Crippen LogP contribution in [0.3, 0.4) is 0 Å². The predicted molar refractivity (Wildman–Crippen MR) is 125 cm³/mol. The van der Waals surface area contributed by atoms with E-state index in [0.29, 0.717) is 5.75 Å². The van der Waals surface area contributed by atoms with Crippen LogP contribution in [0, 0.1) is 0 Å². The molecule has 4 rings (SSSR count). The number of nitrogens with zero attached hydrogens (tertiary/aromatic N) is 3. The summed E-state index contributed by atoms with van der Waals surface area (Å²) in [7, 11) is 1.23. The van der Waals surface area contributed by atoms with Gasteiger partial charge in [0.05, 0.1) is 24.1 Å². The summed E-state index contributed by atoms with van der Waals surface area (Å²) in [5.41, 5.74) is 0.745. The summed E-state index contributed by atoms with van der Waals surface area (Å²) in [5.74, 6) is 0.0156. The molecule has 0 spiro atoms. The second-order valence-electron chi connectivity index (χ2n) is 7.26. The normalized spacial score (nSPS) is 11.3. The van der Waals surface area contributed by atoms with Crippen LogP contribution in [-0.2, 0) is 22.3 Å². The van der Waals surface area contributed by atoms with E-state index in [2.05, 4.69) is 14.9 Å². The molecule has 0 N–H and O–H groups in total. The number of thioether (sulfide) groups is 1. The van der Waals surface area contributed by atoms with Crippen LogP contribution in [0.25, 0.3) is 16.8 Å². The molecular weight excluding hydrogens is 479 g/mol. The van der Waals surface area contributed by atoms with Crippen LogP contribution >= 0.6 is 11.8 Å². The molecule has 0 atom stereocenters. The fourth-order valence-corrected chi connectivity index (χ4v) is 4.21. The molecule has 0 radical (unpaired) electrons. The van der Waals surface area contributed by atoms with Crippen molar-refractivity contribution in [2.45, 2.75) is 17.9 Å². The van der Waals surface area contributed by atoms with Gasteiger partial charge in [0.2, 0.25) is 0 Å². The van der Waals surface area contributed by atoms with E-state index in [1.165, 1.54) is 29.9 Å². The number of methoxy groups -OCH3 is 1. The van der Waals surface area contributed by atoms with Crippen LogP contribution in [0.1, 0.15) is 11.4 Å². The quantitative estimate of drug-likeness (QED) is 0.226. The monoisotopic (exact) mass is 499 g/mol. The molecule has 3 aromatic carbocycles. The first-order valence-electron chi connectivity index (χ1n) is 10.5. The molecule has 180 valence electrons. The van der Waals surface area contributed by atoms with Gasteiger partial charge in [0.25, 0.3) is 0 Å². The van der Waals surface area contributed by atoms with E-state index in [1.807, 2.05) is 48.5 Å². The number of rotatable bonds is 8. The second kappa shape index (κ2) is 10.6. The lowest BCUT2D eigenvalue weighted by molar-refractivity contribution is -0.138. The lowest BCUT2D eigenvalue weighted by atomic mass is 10.1. The van der Waals surface area contributed by atoms with Crippen molar-refractivity contribution in [2.75, 3.05) is 12.9 Å². The Morgan fingerprint density at radius 1 is 0.943 bits per heavy atom. The van der Waals surface area contributed by atoms with Crippen LogP contribution in [0.15, 0.2) is 84.0 Å². The third kappa shape index (κ3) is 5.65.